The zero-order valence-corrected chi connectivity index (χ0v) is 9.49. The fourth-order valence-electron chi connectivity index (χ4n) is 1.71. The number of ketones is 1. The van der Waals surface area contributed by atoms with Crippen molar-refractivity contribution in [3.63, 3.8) is 0 Å². The van der Waals surface area contributed by atoms with Crippen molar-refractivity contribution in [3.05, 3.63) is 35.4 Å². The van der Waals surface area contributed by atoms with Crippen LogP contribution in [-0.2, 0) is 0 Å². The number of Topliss-reactive ketones (excluding diaryl/α,β-unsaturated/α-hetero) is 1. The van der Waals surface area contributed by atoms with Gasteiger partial charge in [0.25, 0.3) is 0 Å². The number of carbonyl (C=O) groups is 1. The highest BCUT2D eigenvalue weighted by molar-refractivity contribution is 5.97. The van der Waals surface area contributed by atoms with E-state index < -0.39 is 0 Å². The first-order valence-corrected chi connectivity index (χ1v) is 5.49. The molecule has 0 radical (unpaired) electrons. The van der Waals surface area contributed by atoms with Gasteiger partial charge in [-0.05, 0) is 18.9 Å². The molecule has 0 saturated heterocycles. The molecule has 0 aliphatic carbocycles. The van der Waals surface area contributed by atoms with Crippen LogP contribution in [0.1, 0.15) is 42.1 Å². The Labute approximate surface area is 91.5 Å². The molecule has 1 aromatic rings. The van der Waals surface area contributed by atoms with Crippen LogP contribution in [0.25, 0.3) is 0 Å². The molecule has 2 nitrogen and oxygen atoms in total. The summed E-state index contributed by atoms with van der Waals surface area (Å²) in [5, 5.41) is 0. The molecule has 2 heteroatoms. The fraction of sp³-hybridized carbons (Fsp3) is 0.462. The van der Waals surface area contributed by atoms with Crippen molar-refractivity contribution in [2.24, 2.45) is 5.73 Å². The minimum atomic E-state index is 0.00195. The van der Waals surface area contributed by atoms with E-state index in [-0.39, 0.29) is 11.8 Å². The van der Waals surface area contributed by atoms with Crippen molar-refractivity contribution < 1.29 is 4.79 Å². The molecule has 0 aliphatic heterocycles. The lowest BCUT2D eigenvalue weighted by Gasteiger charge is -2.10. The number of rotatable bonds is 5. The maximum Gasteiger partial charge on any atom is 0.164 e. The summed E-state index contributed by atoms with van der Waals surface area (Å²) < 4.78 is 0. The van der Waals surface area contributed by atoms with Gasteiger partial charge in [0.05, 0.1) is 0 Å². The zero-order valence-electron chi connectivity index (χ0n) is 9.49. The predicted octanol–water partition coefficient (Wildman–Crippen LogP) is 2.70. The molecule has 0 bridgehead atoms. The fourth-order valence-corrected chi connectivity index (χ4v) is 1.71. The summed E-state index contributed by atoms with van der Waals surface area (Å²) in [6, 6.07) is 7.67. The third kappa shape index (κ3) is 3.48. The third-order valence-electron chi connectivity index (χ3n) is 2.55. The molecular weight excluding hydrogens is 186 g/mol. The molecule has 0 spiro atoms. The monoisotopic (exact) mass is 205 g/mol. The predicted molar refractivity (Wildman–Crippen MR) is 63.0 cm³/mol. The number of nitrogens with two attached hydrogens (primary N) is 1. The second-order valence-electron chi connectivity index (χ2n) is 3.99. The molecule has 1 aromatic carbocycles. The van der Waals surface area contributed by atoms with E-state index in [0.29, 0.717) is 6.42 Å². The van der Waals surface area contributed by atoms with Gasteiger partial charge in [0.15, 0.2) is 5.78 Å². The zero-order chi connectivity index (χ0) is 11.3. The van der Waals surface area contributed by atoms with Crippen LogP contribution >= 0.6 is 0 Å². The number of hydrogen-bond donors (Lipinski definition) is 1. The smallest absolute Gasteiger partial charge is 0.164 e. The first-order valence-electron chi connectivity index (χ1n) is 5.49. The molecule has 0 heterocycles. The van der Waals surface area contributed by atoms with Gasteiger partial charge in [-0.25, -0.2) is 0 Å². The second-order valence-corrected chi connectivity index (χ2v) is 3.99. The second kappa shape index (κ2) is 5.66. The van der Waals surface area contributed by atoms with Gasteiger partial charge in [0.1, 0.15) is 0 Å². The van der Waals surface area contributed by atoms with Gasteiger partial charge >= 0.3 is 0 Å². The molecule has 0 saturated carbocycles. The number of carbonyl (C=O) groups excluding carboxylic acids is 1. The summed E-state index contributed by atoms with van der Waals surface area (Å²) >= 11 is 0. The molecule has 0 amide bonds. The lowest BCUT2D eigenvalue weighted by Crippen LogP contribution is -2.23. The standard InChI is InChI=1S/C13H19NO/c1-3-6-11(14)9-13(15)12-8-5-4-7-10(12)2/h4-5,7-8,11H,3,6,9,14H2,1-2H3. The maximum absolute atomic E-state index is 11.9. The Balaban J connectivity index is 2.65. The highest BCUT2D eigenvalue weighted by Gasteiger charge is 2.12. The van der Waals surface area contributed by atoms with Gasteiger partial charge in [-0.1, -0.05) is 37.6 Å². The highest BCUT2D eigenvalue weighted by atomic mass is 16.1. The van der Waals surface area contributed by atoms with Crippen LogP contribution < -0.4 is 5.73 Å². The minimum Gasteiger partial charge on any atom is -0.327 e. The van der Waals surface area contributed by atoms with Crippen LogP contribution in [0.5, 0.6) is 0 Å². The van der Waals surface area contributed by atoms with Gasteiger partial charge in [0, 0.05) is 18.0 Å². The molecule has 1 atom stereocenters. The highest BCUT2D eigenvalue weighted by Crippen LogP contribution is 2.11. The van der Waals surface area contributed by atoms with E-state index in [1.807, 2.05) is 31.2 Å². The molecule has 2 N–H and O–H groups in total. The van der Waals surface area contributed by atoms with Crippen LogP contribution in [0.4, 0.5) is 0 Å². The molecule has 1 unspecified atom stereocenters. The lowest BCUT2D eigenvalue weighted by atomic mass is 9.98. The Kier molecular flexibility index (Phi) is 4.50. The Hall–Kier alpha value is -1.15. The summed E-state index contributed by atoms with van der Waals surface area (Å²) in [5.41, 5.74) is 7.69. The minimum absolute atomic E-state index is 0.00195. The number of aryl methyl sites for hydroxylation is 1. The summed E-state index contributed by atoms with van der Waals surface area (Å²) in [5.74, 6) is 0.161. The van der Waals surface area contributed by atoms with E-state index in [4.69, 9.17) is 5.73 Å². The summed E-state index contributed by atoms with van der Waals surface area (Å²) in [7, 11) is 0. The van der Waals surface area contributed by atoms with Gasteiger partial charge < -0.3 is 5.73 Å². The number of benzene rings is 1. The Bertz CT molecular complexity index is 333. The lowest BCUT2D eigenvalue weighted by molar-refractivity contribution is 0.0972. The van der Waals surface area contributed by atoms with Crippen molar-refractivity contribution in [1.82, 2.24) is 0 Å². The van der Waals surface area contributed by atoms with Crippen molar-refractivity contribution in [2.75, 3.05) is 0 Å². The van der Waals surface area contributed by atoms with E-state index in [1.54, 1.807) is 0 Å². The molecule has 0 fully saturated rings. The van der Waals surface area contributed by atoms with Crippen LogP contribution in [0, 0.1) is 6.92 Å². The van der Waals surface area contributed by atoms with Crippen molar-refractivity contribution in [2.45, 2.75) is 39.2 Å². The quantitative estimate of drug-likeness (QED) is 0.751. The van der Waals surface area contributed by atoms with Crippen LogP contribution in [0.2, 0.25) is 0 Å². The Morgan fingerprint density at radius 2 is 2.07 bits per heavy atom. The molecule has 1 rings (SSSR count). The van der Waals surface area contributed by atoms with Gasteiger partial charge in [-0.15, -0.1) is 0 Å². The summed E-state index contributed by atoms with van der Waals surface area (Å²) in [4.78, 5) is 11.9. The Morgan fingerprint density at radius 3 is 2.67 bits per heavy atom. The molecule has 0 aromatic heterocycles. The molecule has 0 aliphatic rings. The number of hydrogen-bond acceptors (Lipinski definition) is 2. The normalized spacial score (nSPS) is 12.5. The van der Waals surface area contributed by atoms with Crippen molar-refractivity contribution in [3.8, 4) is 0 Å². The van der Waals surface area contributed by atoms with Crippen LogP contribution in [0.3, 0.4) is 0 Å². The molecule has 82 valence electrons. The van der Waals surface area contributed by atoms with Gasteiger partial charge in [0.2, 0.25) is 0 Å². The van der Waals surface area contributed by atoms with Crippen LogP contribution in [-0.4, -0.2) is 11.8 Å². The van der Waals surface area contributed by atoms with Crippen molar-refractivity contribution in [1.29, 1.82) is 0 Å². The SMILES string of the molecule is CCCC(N)CC(=O)c1ccccc1C. The van der Waals surface area contributed by atoms with E-state index in [0.717, 1.165) is 24.0 Å². The van der Waals surface area contributed by atoms with E-state index >= 15 is 0 Å². The first kappa shape index (κ1) is 11.9. The largest absolute Gasteiger partial charge is 0.327 e. The average Bonchev–Trinajstić information content (AvgIpc) is 2.18. The average molecular weight is 205 g/mol. The summed E-state index contributed by atoms with van der Waals surface area (Å²) in [6.45, 7) is 4.04. The topological polar surface area (TPSA) is 43.1 Å². The molecule has 15 heavy (non-hydrogen) atoms. The van der Waals surface area contributed by atoms with E-state index in [9.17, 15) is 4.79 Å². The maximum atomic E-state index is 11.9. The van der Waals surface area contributed by atoms with E-state index in [1.165, 1.54) is 0 Å². The van der Waals surface area contributed by atoms with Crippen molar-refractivity contribution >= 4 is 5.78 Å². The van der Waals surface area contributed by atoms with Crippen LogP contribution in [0.15, 0.2) is 24.3 Å². The molecular formula is C13H19NO. The van der Waals surface area contributed by atoms with Gasteiger partial charge in [-0.3, -0.25) is 4.79 Å². The first-order chi connectivity index (χ1) is 7.15. The van der Waals surface area contributed by atoms with E-state index in [2.05, 4.69) is 6.92 Å². The third-order valence-corrected chi connectivity index (χ3v) is 2.55. The summed E-state index contributed by atoms with van der Waals surface area (Å²) in [6.07, 6.45) is 2.40. The van der Waals surface area contributed by atoms with Gasteiger partial charge in [-0.2, -0.15) is 0 Å². The Morgan fingerprint density at radius 1 is 1.40 bits per heavy atom.